The average Bonchev–Trinajstić information content (AvgIpc) is 2.84. The van der Waals surface area contributed by atoms with Crippen LogP contribution in [0.3, 0.4) is 0 Å². The van der Waals surface area contributed by atoms with Gasteiger partial charge >= 0.3 is 0 Å². The zero-order chi connectivity index (χ0) is 24.7. The molecule has 2 heterocycles. The van der Waals surface area contributed by atoms with Crippen molar-refractivity contribution in [2.24, 2.45) is 5.92 Å². The number of piperidine rings is 1. The normalized spacial score (nSPS) is 17.9. The van der Waals surface area contributed by atoms with E-state index in [2.05, 4.69) is 28.6 Å². The summed E-state index contributed by atoms with van der Waals surface area (Å²) in [6.45, 7) is 7.10. The number of nitrogens with two attached hydrogens (primary N) is 1. The number of hydrogen-bond acceptors (Lipinski definition) is 5. The summed E-state index contributed by atoms with van der Waals surface area (Å²) in [5.74, 6) is 0.721. The molecule has 6 nitrogen and oxygen atoms in total. The Morgan fingerprint density at radius 2 is 2.03 bits per heavy atom. The van der Waals surface area contributed by atoms with Crippen molar-refractivity contribution < 1.29 is 4.79 Å². The molecule has 0 spiro atoms. The molecule has 0 saturated carbocycles. The lowest BCUT2D eigenvalue weighted by Crippen LogP contribution is -2.34. The second-order valence-corrected chi connectivity index (χ2v) is 9.32. The first kappa shape index (κ1) is 25.7. The number of rotatable bonds is 8. The standard InChI is InChI=1S/C27H34ClN5O/c1-19(23(12-15-29)25-11-10-24(30)26(28)31-25)5-4-16-33-17-13-21(14-18-33)20-6-8-22(9-7-20)27(34)32(2)3/h4-6,8,10-12,15,21,29H,1,7,9,13-14,16-18,30H2,2-3H3/b5-4?,23-12+,29-15?. The van der Waals surface area contributed by atoms with Crippen molar-refractivity contribution in [2.75, 3.05) is 39.5 Å². The largest absolute Gasteiger partial charge is 0.396 e. The molecule has 1 amide bonds. The Hall–Kier alpha value is -2.96. The molecule has 1 fully saturated rings. The van der Waals surface area contributed by atoms with Gasteiger partial charge in [-0.3, -0.25) is 9.69 Å². The molecule has 0 bridgehead atoms. The van der Waals surface area contributed by atoms with Crippen molar-refractivity contribution in [3.63, 3.8) is 0 Å². The van der Waals surface area contributed by atoms with Crippen molar-refractivity contribution in [1.82, 2.24) is 14.8 Å². The molecule has 2 aliphatic rings. The van der Waals surface area contributed by atoms with E-state index in [-0.39, 0.29) is 11.1 Å². The van der Waals surface area contributed by atoms with Crippen molar-refractivity contribution >= 4 is 35.0 Å². The molecule has 3 rings (SSSR count). The molecule has 0 radical (unpaired) electrons. The lowest BCUT2D eigenvalue weighted by Gasteiger charge is -2.33. The van der Waals surface area contributed by atoms with Gasteiger partial charge in [-0.25, -0.2) is 4.98 Å². The monoisotopic (exact) mass is 479 g/mol. The Kier molecular flexibility index (Phi) is 9.02. The Bertz CT molecular complexity index is 1060. The molecule has 1 aromatic heterocycles. The molecular formula is C27H34ClN5O. The lowest BCUT2D eigenvalue weighted by atomic mass is 9.83. The van der Waals surface area contributed by atoms with Crippen molar-refractivity contribution in [3.8, 4) is 0 Å². The minimum Gasteiger partial charge on any atom is -0.396 e. The van der Waals surface area contributed by atoms with Gasteiger partial charge in [-0.2, -0.15) is 0 Å². The maximum absolute atomic E-state index is 12.1. The van der Waals surface area contributed by atoms with Gasteiger partial charge in [0.05, 0.1) is 11.4 Å². The molecule has 1 aliphatic heterocycles. The van der Waals surface area contributed by atoms with Crippen LogP contribution in [-0.2, 0) is 4.79 Å². The highest BCUT2D eigenvalue weighted by Crippen LogP contribution is 2.32. The summed E-state index contributed by atoms with van der Waals surface area (Å²) in [5, 5.41) is 7.72. The second kappa shape index (κ2) is 12.0. The maximum Gasteiger partial charge on any atom is 0.249 e. The van der Waals surface area contributed by atoms with Crippen molar-refractivity contribution in [3.05, 3.63) is 76.7 Å². The quantitative estimate of drug-likeness (QED) is 0.315. The van der Waals surface area contributed by atoms with Gasteiger partial charge in [-0.15, -0.1) is 0 Å². The number of anilines is 1. The molecule has 180 valence electrons. The van der Waals surface area contributed by atoms with E-state index in [0.29, 0.717) is 17.3 Å². The SMILES string of the molecule is C=C(C=CCN1CCC(C2=CC=C(C(=O)N(C)C)CC2)CC1)/C(=C\C=N)c1ccc(N)c(Cl)n1. The Balaban J connectivity index is 1.52. The number of carbonyl (C=O) groups excluding carboxylic acids is 1. The van der Waals surface area contributed by atoms with Crippen LogP contribution < -0.4 is 5.73 Å². The number of allylic oxidation sites excluding steroid dienone is 7. The first-order valence-electron chi connectivity index (χ1n) is 11.6. The molecule has 0 aromatic carbocycles. The maximum atomic E-state index is 12.1. The Morgan fingerprint density at radius 3 is 2.62 bits per heavy atom. The molecule has 1 saturated heterocycles. The zero-order valence-corrected chi connectivity index (χ0v) is 20.8. The van der Waals surface area contributed by atoms with Crippen LogP contribution in [0.15, 0.2) is 65.8 Å². The fourth-order valence-corrected chi connectivity index (χ4v) is 4.57. The molecular weight excluding hydrogens is 446 g/mol. The van der Waals surface area contributed by atoms with Crippen LogP contribution in [0.5, 0.6) is 0 Å². The van der Waals surface area contributed by atoms with Crippen LogP contribution in [0.2, 0.25) is 5.15 Å². The number of carbonyl (C=O) groups is 1. The molecule has 1 aliphatic carbocycles. The van der Waals surface area contributed by atoms with Gasteiger partial charge in [0.15, 0.2) is 5.15 Å². The van der Waals surface area contributed by atoms with Gasteiger partial charge < -0.3 is 16.0 Å². The summed E-state index contributed by atoms with van der Waals surface area (Å²) in [5.41, 5.74) is 10.7. The number of hydrogen-bond donors (Lipinski definition) is 2. The van der Waals surface area contributed by atoms with Gasteiger partial charge in [-0.1, -0.05) is 48.1 Å². The highest BCUT2D eigenvalue weighted by molar-refractivity contribution is 6.31. The van der Waals surface area contributed by atoms with E-state index < -0.39 is 0 Å². The minimum absolute atomic E-state index is 0.118. The third-order valence-electron chi connectivity index (χ3n) is 6.41. The predicted molar refractivity (Wildman–Crippen MR) is 142 cm³/mol. The van der Waals surface area contributed by atoms with Crippen LogP contribution in [-0.4, -0.2) is 60.6 Å². The Morgan fingerprint density at radius 1 is 1.29 bits per heavy atom. The summed E-state index contributed by atoms with van der Waals surface area (Å²) in [6.07, 6.45) is 15.3. The molecule has 3 N–H and O–H groups in total. The third-order valence-corrected chi connectivity index (χ3v) is 6.71. The summed E-state index contributed by atoms with van der Waals surface area (Å²) >= 11 is 6.07. The van der Waals surface area contributed by atoms with E-state index in [1.165, 1.54) is 11.8 Å². The average molecular weight is 480 g/mol. The van der Waals surface area contributed by atoms with Crippen LogP contribution in [0.1, 0.15) is 31.4 Å². The number of amides is 1. The molecule has 7 heteroatoms. The van der Waals surface area contributed by atoms with E-state index >= 15 is 0 Å². The second-order valence-electron chi connectivity index (χ2n) is 8.96. The smallest absolute Gasteiger partial charge is 0.249 e. The fraction of sp³-hybridized carbons (Fsp3) is 0.370. The van der Waals surface area contributed by atoms with Gasteiger partial charge in [-0.05, 0) is 68.5 Å². The predicted octanol–water partition coefficient (Wildman–Crippen LogP) is 4.91. The van der Waals surface area contributed by atoms with Gasteiger partial charge in [0.25, 0.3) is 0 Å². The fourth-order valence-electron chi connectivity index (χ4n) is 4.41. The van der Waals surface area contributed by atoms with Gasteiger partial charge in [0, 0.05) is 38.0 Å². The number of nitrogens with one attached hydrogen (secondary N) is 1. The highest BCUT2D eigenvalue weighted by atomic mass is 35.5. The topological polar surface area (TPSA) is 86.3 Å². The molecule has 0 unspecified atom stereocenters. The molecule has 0 atom stereocenters. The zero-order valence-electron chi connectivity index (χ0n) is 20.1. The molecule has 34 heavy (non-hydrogen) atoms. The lowest BCUT2D eigenvalue weighted by molar-refractivity contribution is -0.124. The number of likely N-dealkylation sites (tertiary alicyclic amines) is 1. The number of aromatic nitrogens is 1. The van der Waals surface area contributed by atoms with Crippen LogP contribution >= 0.6 is 11.6 Å². The Labute approximate surface area is 207 Å². The van der Waals surface area contributed by atoms with Crippen LogP contribution in [0.4, 0.5) is 5.69 Å². The van der Waals surface area contributed by atoms with Crippen molar-refractivity contribution in [1.29, 1.82) is 5.41 Å². The number of nitrogen functional groups attached to an aromatic ring is 1. The number of likely N-dealkylation sites (N-methyl/N-ethyl adjacent to an activating group) is 1. The summed E-state index contributed by atoms with van der Waals surface area (Å²) in [7, 11) is 3.61. The van der Waals surface area contributed by atoms with E-state index in [1.807, 2.05) is 12.2 Å². The highest BCUT2D eigenvalue weighted by Gasteiger charge is 2.24. The first-order chi connectivity index (χ1) is 16.3. The molecule has 1 aromatic rings. The first-order valence-corrected chi connectivity index (χ1v) is 12.0. The third kappa shape index (κ3) is 6.55. The number of nitrogens with zero attached hydrogens (tertiary/aromatic N) is 3. The summed E-state index contributed by atoms with van der Waals surface area (Å²) < 4.78 is 0. The van der Waals surface area contributed by atoms with Gasteiger partial charge in [0.1, 0.15) is 0 Å². The number of pyridine rings is 1. The van der Waals surface area contributed by atoms with E-state index in [9.17, 15) is 4.79 Å². The summed E-state index contributed by atoms with van der Waals surface area (Å²) in [6, 6.07) is 3.50. The summed E-state index contributed by atoms with van der Waals surface area (Å²) in [4.78, 5) is 20.6. The van der Waals surface area contributed by atoms with Gasteiger partial charge in [0.2, 0.25) is 5.91 Å². The van der Waals surface area contributed by atoms with E-state index in [4.69, 9.17) is 22.7 Å². The van der Waals surface area contributed by atoms with E-state index in [1.54, 1.807) is 37.2 Å². The van der Waals surface area contributed by atoms with Crippen LogP contribution in [0.25, 0.3) is 5.57 Å². The number of halogens is 1. The minimum atomic E-state index is 0.118. The van der Waals surface area contributed by atoms with Crippen molar-refractivity contribution in [2.45, 2.75) is 25.7 Å². The van der Waals surface area contributed by atoms with Crippen LogP contribution in [0, 0.1) is 11.3 Å². The van der Waals surface area contributed by atoms with E-state index in [0.717, 1.165) is 62.0 Å².